The highest BCUT2D eigenvalue weighted by Crippen LogP contribution is 2.17. The Morgan fingerprint density at radius 2 is 2.22 bits per heavy atom. The molecule has 0 atom stereocenters. The van der Waals surface area contributed by atoms with Gasteiger partial charge in [-0.15, -0.1) is 10.2 Å². The molecule has 0 aliphatic rings. The van der Waals surface area contributed by atoms with E-state index in [4.69, 9.17) is 4.42 Å². The average molecular weight is 267 g/mol. The summed E-state index contributed by atoms with van der Waals surface area (Å²) in [5, 5.41) is 10.1. The summed E-state index contributed by atoms with van der Waals surface area (Å²) in [6.07, 6.45) is 0. The van der Waals surface area contributed by atoms with Gasteiger partial charge in [-0.2, -0.15) is 0 Å². The van der Waals surface area contributed by atoms with Crippen LogP contribution in [0.4, 0.5) is 10.1 Å². The summed E-state index contributed by atoms with van der Waals surface area (Å²) in [7, 11) is 0. The van der Waals surface area contributed by atoms with Crippen LogP contribution in [0.5, 0.6) is 0 Å². The molecule has 94 valence electrons. The van der Waals surface area contributed by atoms with Gasteiger partial charge in [-0.25, -0.2) is 4.39 Å². The van der Waals surface area contributed by atoms with Gasteiger partial charge in [0.2, 0.25) is 11.8 Å². The highest BCUT2D eigenvalue weighted by atomic mass is 32.2. The van der Waals surface area contributed by atoms with Crippen molar-refractivity contribution in [2.45, 2.75) is 12.1 Å². The van der Waals surface area contributed by atoms with Gasteiger partial charge in [0.05, 0.1) is 11.4 Å². The minimum absolute atomic E-state index is 0.0793. The van der Waals surface area contributed by atoms with E-state index in [2.05, 4.69) is 15.5 Å². The van der Waals surface area contributed by atoms with Crippen molar-refractivity contribution in [2.24, 2.45) is 0 Å². The molecule has 0 fully saturated rings. The average Bonchev–Trinajstić information content (AvgIpc) is 2.76. The highest BCUT2D eigenvalue weighted by Gasteiger charge is 2.09. The summed E-state index contributed by atoms with van der Waals surface area (Å²) < 4.78 is 18.3. The van der Waals surface area contributed by atoms with E-state index >= 15 is 0 Å². The number of thioether (sulfide) groups is 1. The standard InChI is InChI=1S/C11H10FN3O2S/c1-7-14-15-11(17-7)18-6-10(16)13-9-5-3-2-4-8(9)12/h2-5H,6H2,1H3,(H,13,16). The Kier molecular flexibility index (Phi) is 3.93. The largest absolute Gasteiger partial charge is 0.416 e. The number of hydrogen-bond donors (Lipinski definition) is 1. The lowest BCUT2D eigenvalue weighted by Gasteiger charge is -2.04. The lowest BCUT2D eigenvalue weighted by atomic mass is 10.3. The number of amides is 1. The predicted octanol–water partition coefficient (Wildman–Crippen LogP) is 2.25. The number of carbonyl (C=O) groups excluding carboxylic acids is 1. The third kappa shape index (κ3) is 3.30. The molecule has 5 nitrogen and oxygen atoms in total. The zero-order chi connectivity index (χ0) is 13.0. The van der Waals surface area contributed by atoms with Crippen LogP contribution in [0, 0.1) is 12.7 Å². The number of anilines is 1. The van der Waals surface area contributed by atoms with Crippen molar-refractivity contribution < 1.29 is 13.6 Å². The Balaban J connectivity index is 1.88. The van der Waals surface area contributed by atoms with Gasteiger partial charge in [-0.1, -0.05) is 23.9 Å². The number of aryl methyl sites for hydroxylation is 1. The first-order chi connectivity index (χ1) is 8.65. The maximum atomic E-state index is 13.3. The fourth-order valence-electron chi connectivity index (χ4n) is 1.21. The minimum Gasteiger partial charge on any atom is -0.416 e. The molecule has 0 bridgehead atoms. The highest BCUT2D eigenvalue weighted by molar-refractivity contribution is 7.99. The van der Waals surface area contributed by atoms with Crippen molar-refractivity contribution in [1.29, 1.82) is 0 Å². The van der Waals surface area contributed by atoms with Crippen LogP contribution in [-0.4, -0.2) is 21.9 Å². The van der Waals surface area contributed by atoms with Gasteiger partial charge in [0, 0.05) is 6.92 Å². The topological polar surface area (TPSA) is 68.0 Å². The molecule has 7 heteroatoms. The lowest BCUT2D eigenvalue weighted by molar-refractivity contribution is -0.113. The van der Waals surface area contributed by atoms with Crippen LogP contribution in [0.15, 0.2) is 33.9 Å². The van der Waals surface area contributed by atoms with E-state index in [0.717, 1.165) is 11.8 Å². The van der Waals surface area contributed by atoms with Gasteiger partial charge in [0.15, 0.2) is 0 Å². The molecule has 1 amide bonds. The van der Waals surface area contributed by atoms with Crippen LogP contribution in [-0.2, 0) is 4.79 Å². The maximum absolute atomic E-state index is 13.3. The number of benzene rings is 1. The second kappa shape index (κ2) is 5.63. The zero-order valence-electron chi connectivity index (χ0n) is 9.51. The molecule has 2 rings (SSSR count). The van der Waals surface area contributed by atoms with Gasteiger partial charge in [0.25, 0.3) is 5.22 Å². The molecule has 0 aliphatic carbocycles. The molecule has 2 aromatic rings. The summed E-state index contributed by atoms with van der Waals surface area (Å²) in [6.45, 7) is 1.66. The SMILES string of the molecule is Cc1nnc(SCC(=O)Nc2ccccc2F)o1. The smallest absolute Gasteiger partial charge is 0.277 e. The molecule has 0 saturated heterocycles. The van der Waals surface area contributed by atoms with Crippen LogP contribution in [0.3, 0.4) is 0 Å². The van der Waals surface area contributed by atoms with Gasteiger partial charge < -0.3 is 9.73 Å². The lowest BCUT2D eigenvalue weighted by Crippen LogP contribution is -2.14. The number of aromatic nitrogens is 2. The summed E-state index contributed by atoms with van der Waals surface area (Å²) in [6, 6.07) is 5.98. The second-order valence-electron chi connectivity index (χ2n) is 3.40. The van der Waals surface area contributed by atoms with Crippen LogP contribution in [0.2, 0.25) is 0 Å². The molecule has 0 aliphatic heterocycles. The molecular formula is C11H10FN3O2S. The summed E-state index contributed by atoms with van der Waals surface area (Å²) in [5.41, 5.74) is 0.157. The number of rotatable bonds is 4. The normalized spacial score (nSPS) is 10.3. The number of carbonyl (C=O) groups is 1. The molecule has 0 unspecified atom stereocenters. The third-order valence-corrected chi connectivity index (χ3v) is 2.80. The van der Waals surface area contributed by atoms with E-state index in [0.29, 0.717) is 11.1 Å². The van der Waals surface area contributed by atoms with Gasteiger partial charge >= 0.3 is 0 Å². The monoisotopic (exact) mass is 267 g/mol. The Labute approximate surface area is 107 Å². The molecule has 18 heavy (non-hydrogen) atoms. The van der Waals surface area contributed by atoms with E-state index in [1.807, 2.05) is 0 Å². The first-order valence-electron chi connectivity index (χ1n) is 5.12. The fraction of sp³-hybridized carbons (Fsp3) is 0.182. The Morgan fingerprint density at radius 3 is 2.89 bits per heavy atom. The van der Waals surface area contributed by atoms with Gasteiger partial charge in [-0.05, 0) is 12.1 Å². The van der Waals surface area contributed by atoms with Crippen LogP contribution in [0.1, 0.15) is 5.89 Å². The first kappa shape index (κ1) is 12.6. The molecule has 1 aromatic heterocycles. The van der Waals surface area contributed by atoms with E-state index in [1.54, 1.807) is 19.1 Å². The molecule has 1 heterocycles. The van der Waals surface area contributed by atoms with Crippen LogP contribution >= 0.6 is 11.8 Å². The van der Waals surface area contributed by atoms with E-state index in [9.17, 15) is 9.18 Å². The molecule has 0 spiro atoms. The summed E-state index contributed by atoms with van der Waals surface area (Å²) >= 11 is 1.10. The first-order valence-corrected chi connectivity index (χ1v) is 6.11. The molecule has 1 N–H and O–H groups in total. The fourth-order valence-corrected chi connectivity index (χ4v) is 1.82. The van der Waals surface area contributed by atoms with Crippen molar-refractivity contribution in [3.05, 3.63) is 36.0 Å². The Morgan fingerprint density at radius 1 is 1.44 bits per heavy atom. The number of hydrogen-bond acceptors (Lipinski definition) is 5. The summed E-state index contributed by atoms with van der Waals surface area (Å²) in [5.74, 6) is -0.284. The quantitative estimate of drug-likeness (QED) is 0.860. The van der Waals surface area contributed by atoms with Crippen LogP contribution < -0.4 is 5.32 Å². The second-order valence-corrected chi connectivity index (χ2v) is 4.33. The Hall–Kier alpha value is -1.89. The van der Waals surface area contributed by atoms with E-state index in [-0.39, 0.29) is 17.3 Å². The molecule has 0 saturated carbocycles. The van der Waals surface area contributed by atoms with Crippen molar-refractivity contribution in [1.82, 2.24) is 10.2 Å². The minimum atomic E-state index is -0.468. The van der Waals surface area contributed by atoms with E-state index < -0.39 is 5.82 Å². The predicted molar refractivity (Wildman–Crippen MR) is 64.8 cm³/mol. The van der Waals surface area contributed by atoms with Crippen LogP contribution in [0.25, 0.3) is 0 Å². The summed E-state index contributed by atoms with van der Waals surface area (Å²) in [4.78, 5) is 11.6. The number of halogens is 1. The molecule has 1 aromatic carbocycles. The third-order valence-electron chi connectivity index (χ3n) is 1.98. The molecule has 0 radical (unpaired) electrons. The maximum Gasteiger partial charge on any atom is 0.277 e. The van der Waals surface area contributed by atoms with E-state index in [1.165, 1.54) is 12.1 Å². The molecular weight excluding hydrogens is 257 g/mol. The number of nitrogens with one attached hydrogen (secondary N) is 1. The number of para-hydroxylation sites is 1. The zero-order valence-corrected chi connectivity index (χ0v) is 10.3. The number of nitrogens with zero attached hydrogens (tertiary/aromatic N) is 2. The van der Waals surface area contributed by atoms with Crippen molar-refractivity contribution in [3.63, 3.8) is 0 Å². The van der Waals surface area contributed by atoms with Gasteiger partial charge in [-0.3, -0.25) is 4.79 Å². The Bertz CT molecular complexity index is 559. The van der Waals surface area contributed by atoms with Gasteiger partial charge in [0.1, 0.15) is 5.82 Å². The van der Waals surface area contributed by atoms with Crippen molar-refractivity contribution in [3.8, 4) is 0 Å². The van der Waals surface area contributed by atoms with Crippen molar-refractivity contribution in [2.75, 3.05) is 11.1 Å². The van der Waals surface area contributed by atoms with Crippen molar-refractivity contribution >= 4 is 23.4 Å².